The number of pyridine rings is 1. The lowest BCUT2D eigenvalue weighted by molar-refractivity contribution is -0.159. The van der Waals surface area contributed by atoms with E-state index in [1.807, 2.05) is 30.0 Å². The molecule has 1 atom stereocenters. The van der Waals surface area contributed by atoms with E-state index < -0.39 is 28.1 Å². The quantitative estimate of drug-likeness (QED) is 0.213. The molecule has 0 radical (unpaired) electrons. The summed E-state index contributed by atoms with van der Waals surface area (Å²) in [6.07, 6.45) is 1.61. The summed E-state index contributed by atoms with van der Waals surface area (Å²) in [6, 6.07) is 11.2. The Bertz CT molecular complexity index is 1430. The number of hydrogen-bond donors (Lipinski definition) is 2. The molecular formula is C32H40N6O4S. The van der Waals surface area contributed by atoms with Crippen LogP contribution in [0.5, 0.6) is 0 Å². The van der Waals surface area contributed by atoms with Crippen LogP contribution >= 0.6 is 11.8 Å². The molecule has 43 heavy (non-hydrogen) atoms. The minimum absolute atomic E-state index is 0.0337. The molecule has 0 saturated carbocycles. The number of rotatable bonds is 10. The average molecular weight is 605 g/mol. The van der Waals surface area contributed by atoms with Gasteiger partial charge in [-0.3, -0.25) is 14.4 Å². The minimum atomic E-state index is -0.941. The maximum absolute atomic E-state index is 13.1. The third-order valence-corrected chi connectivity index (χ3v) is 8.40. The number of aromatic nitrogens is 1. The molecule has 2 heterocycles. The summed E-state index contributed by atoms with van der Waals surface area (Å²) in [7, 11) is 0. The molecule has 0 spiro atoms. The summed E-state index contributed by atoms with van der Waals surface area (Å²) in [6.45, 7) is 19.7. The van der Waals surface area contributed by atoms with Gasteiger partial charge in [0.15, 0.2) is 0 Å². The van der Waals surface area contributed by atoms with Crippen molar-refractivity contribution in [1.82, 2.24) is 10.3 Å². The van der Waals surface area contributed by atoms with E-state index in [9.17, 15) is 19.6 Å². The van der Waals surface area contributed by atoms with E-state index in [4.69, 9.17) is 22.0 Å². The maximum atomic E-state index is 13.1. The fourth-order valence-corrected chi connectivity index (χ4v) is 5.99. The summed E-state index contributed by atoms with van der Waals surface area (Å²) >= 11 is 1.12. The molecular weight excluding hydrogens is 564 g/mol. The van der Waals surface area contributed by atoms with Gasteiger partial charge in [-0.2, -0.15) is 5.26 Å². The summed E-state index contributed by atoms with van der Waals surface area (Å²) < 4.78 is 5.40. The van der Waals surface area contributed by atoms with Gasteiger partial charge in [-0.1, -0.05) is 62.9 Å². The van der Waals surface area contributed by atoms with Crippen molar-refractivity contribution in [1.29, 1.82) is 5.26 Å². The first-order valence-corrected chi connectivity index (χ1v) is 15.2. The summed E-state index contributed by atoms with van der Waals surface area (Å²) in [4.78, 5) is 48.5. The normalized spacial score (nSPS) is 14.7. The second-order valence-corrected chi connectivity index (χ2v) is 13.3. The molecule has 1 aliphatic rings. The topological polar surface area (TPSA) is 143 Å². The molecule has 0 aliphatic carbocycles. The largest absolute Gasteiger partial charge is 0.460 e. The average Bonchev–Trinajstić information content (AvgIpc) is 2.94. The van der Waals surface area contributed by atoms with Gasteiger partial charge in [0.1, 0.15) is 27.8 Å². The smallest absolute Gasteiger partial charge is 0.307 e. The van der Waals surface area contributed by atoms with Crippen molar-refractivity contribution in [2.75, 3.05) is 18.0 Å². The van der Waals surface area contributed by atoms with Crippen molar-refractivity contribution < 1.29 is 19.1 Å². The molecule has 1 aromatic heterocycles. The van der Waals surface area contributed by atoms with Crippen LogP contribution in [-0.2, 0) is 25.5 Å². The van der Waals surface area contributed by atoms with Crippen molar-refractivity contribution in [2.24, 2.45) is 11.1 Å². The highest BCUT2D eigenvalue weighted by Crippen LogP contribution is 2.43. The minimum Gasteiger partial charge on any atom is -0.460 e. The Morgan fingerprint density at radius 3 is 2.35 bits per heavy atom. The molecule has 2 aromatic rings. The molecule has 0 bridgehead atoms. The zero-order chi connectivity index (χ0) is 31.9. The number of esters is 1. The predicted molar refractivity (Wildman–Crippen MR) is 166 cm³/mol. The standard InChI is InChI=1S/C32H40N6O4S/c1-8-22-23(19-33)29(43-26(27(34)40)20-12-10-9-11-13-20)37-28(25(22)35-7)38-16-14-21(15-17-38)36-30(41)32(5,6)18-24(39)42-31(2,3)4/h9-13,21,26H,8,14-18H2,1-6H3,(H2,34,40)(H,36,41). The molecule has 3 rings (SSSR count). The van der Waals surface area contributed by atoms with Crippen molar-refractivity contribution in [3.8, 4) is 6.07 Å². The monoisotopic (exact) mass is 604 g/mol. The fourth-order valence-electron chi connectivity index (χ4n) is 4.94. The highest BCUT2D eigenvalue weighted by atomic mass is 32.2. The number of hydrogen-bond acceptors (Lipinski definition) is 8. The van der Waals surface area contributed by atoms with E-state index >= 15 is 0 Å². The van der Waals surface area contributed by atoms with E-state index in [-0.39, 0.29) is 23.9 Å². The zero-order valence-electron chi connectivity index (χ0n) is 25.7. The number of nitrogens with zero attached hydrogens (tertiary/aromatic N) is 4. The molecule has 1 saturated heterocycles. The lowest BCUT2D eigenvalue weighted by atomic mass is 9.87. The number of nitriles is 1. The SMILES string of the molecule is [C-]#[N+]c1c(N2CCC(NC(=O)C(C)(C)CC(=O)OC(C)(C)C)CC2)nc(SC(C(N)=O)c2ccccc2)c(C#N)c1CC. The number of primary amides is 1. The number of benzene rings is 1. The second-order valence-electron chi connectivity index (χ2n) is 12.2. The summed E-state index contributed by atoms with van der Waals surface area (Å²) in [5.74, 6) is -0.741. The van der Waals surface area contributed by atoms with Crippen molar-refractivity contribution in [2.45, 2.75) is 89.1 Å². The molecule has 1 fully saturated rings. The van der Waals surface area contributed by atoms with Gasteiger partial charge in [-0.05, 0) is 51.2 Å². The molecule has 11 heteroatoms. The van der Waals surface area contributed by atoms with Crippen molar-refractivity contribution >= 4 is 41.1 Å². The third-order valence-electron chi connectivity index (χ3n) is 7.14. The first-order valence-electron chi connectivity index (χ1n) is 14.3. The van der Waals surface area contributed by atoms with E-state index in [0.29, 0.717) is 60.0 Å². The lowest BCUT2D eigenvalue weighted by Gasteiger charge is -2.36. The number of carbonyl (C=O) groups excluding carboxylic acids is 3. The highest BCUT2D eigenvalue weighted by Gasteiger charge is 2.35. The van der Waals surface area contributed by atoms with Crippen LogP contribution in [0.15, 0.2) is 35.4 Å². The van der Waals surface area contributed by atoms with Gasteiger partial charge >= 0.3 is 5.97 Å². The fraction of sp³-hybridized carbons (Fsp3) is 0.500. The predicted octanol–water partition coefficient (Wildman–Crippen LogP) is 5.23. The number of amides is 2. The van der Waals surface area contributed by atoms with E-state index in [1.54, 1.807) is 46.8 Å². The zero-order valence-corrected chi connectivity index (χ0v) is 26.5. The highest BCUT2D eigenvalue weighted by molar-refractivity contribution is 8.00. The van der Waals surface area contributed by atoms with Gasteiger partial charge in [0.25, 0.3) is 0 Å². The number of ether oxygens (including phenoxy) is 1. The van der Waals surface area contributed by atoms with Gasteiger partial charge < -0.3 is 20.7 Å². The summed E-state index contributed by atoms with van der Waals surface area (Å²) in [5, 5.41) is 12.7. The first kappa shape index (κ1) is 33.4. The van der Waals surface area contributed by atoms with Gasteiger partial charge in [-0.25, -0.2) is 9.83 Å². The number of thioether (sulfide) groups is 1. The Balaban J connectivity index is 1.81. The Kier molecular flexibility index (Phi) is 10.8. The first-order chi connectivity index (χ1) is 20.2. The molecule has 1 unspecified atom stereocenters. The van der Waals surface area contributed by atoms with Gasteiger partial charge in [-0.15, -0.1) is 0 Å². The number of nitrogens with one attached hydrogen (secondary N) is 1. The van der Waals surface area contributed by atoms with Crippen molar-refractivity contribution in [3.63, 3.8) is 0 Å². The Morgan fingerprint density at radius 1 is 1.21 bits per heavy atom. The molecule has 1 aliphatic heterocycles. The van der Waals surface area contributed by atoms with Crippen LogP contribution in [0.2, 0.25) is 0 Å². The molecule has 2 amide bonds. The van der Waals surface area contributed by atoms with Gasteiger partial charge in [0.2, 0.25) is 17.5 Å². The number of carbonyl (C=O) groups is 3. The Hall–Kier alpha value is -4.09. The Morgan fingerprint density at radius 2 is 1.84 bits per heavy atom. The number of anilines is 1. The van der Waals surface area contributed by atoms with Gasteiger partial charge in [0.05, 0.1) is 24.0 Å². The second kappa shape index (κ2) is 13.9. The van der Waals surface area contributed by atoms with Crippen LogP contribution in [0.3, 0.4) is 0 Å². The number of nitrogens with two attached hydrogens (primary N) is 1. The van der Waals surface area contributed by atoms with Gasteiger partial charge in [0, 0.05) is 19.1 Å². The van der Waals surface area contributed by atoms with Crippen LogP contribution in [0.4, 0.5) is 11.5 Å². The summed E-state index contributed by atoms with van der Waals surface area (Å²) in [5.41, 5.74) is 6.08. The van der Waals surface area contributed by atoms with Crippen LogP contribution in [0.1, 0.15) is 82.7 Å². The Labute approximate surface area is 258 Å². The third kappa shape index (κ3) is 8.48. The van der Waals surface area contributed by atoms with Crippen molar-refractivity contribution in [3.05, 3.63) is 58.4 Å². The van der Waals surface area contributed by atoms with E-state index in [1.165, 1.54) is 0 Å². The van der Waals surface area contributed by atoms with Crippen LogP contribution < -0.4 is 16.0 Å². The van der Waals surface area contributed by atoms with Crippen LogP contribution in [-0.4, -0.2) is 47.5 Å². The van der Waals surface area contributed by atoms with E-state index in [0.717, 1.165) is 11.8 Å². The molecule has 228 valence electrons. The lowest BCUT2D eigenvalue weighted by Crippen LogP contribution is -2.49. The molecule has 3 N–H and O–H groups in total. The van der Waals surface area contributed by atoms with Crippen LogP contribution in [0.25, 0.3) is 4.85 Å². The number of piperidine rings is 1. The molecule has 10 nitrogen and oxygen atoms in total. The molecule has 1 aromatic carbocycles. The maximum Gasteiger partial charge on any atom is 0.307 e. The van der Waals surface area contributed by atoms with E-state index in [2.05, 4.69) is 16.2 Å². The van der Waals surface area contributed by atoms with Crippen LogP contribution in [0, 0.1) is 23.3 Å².